The first kappa shape index (κ1) is 11.5. The quantitative estimate of drug-likeness (QED) is 0.737. The van der Waals surface area contributed by atoms with Crippen molar-refractivity contribution in [3.8, 4) is 0 Å². The minimum Gasteiger partial charge on any atom is -0.370 e. The van der Waals surface area contributed by atoms with Gasteiger partial charge < -0.3 is 4.74 Å². The lowest BCUT2D eigenvalue weighted by molar-refractivity contribution is 0.104. The lowest BCUT2D eigenvalue weighted by Crippen LogP contribution is -1.98. The van der Waals surface area contributed by atoms with Gasteiger partial charge in [-0.25, -0.2) is 4.98 Å². The van der Waals surface area contributed by atoms with E-state index in [2.05, 4.69) is 4.98 Å². The molecule has 0 saturated heterocycles. The van der Waals surface area contributed by atoms with Gasteiger partial charge in [-0.2, -0.15) is 0 Å². The standard InChI is InChI=1S/C14H13NO2/c16-9-13-7-4-8-14(15-13)11-17-10-12-5-2-1-3-6-12/h1-9H,10-11H2. The molecule has 1 aromatic carbocycles. The zero-order valence-electron chi connectivity index (χ0n) is 9.37. The van der Waals surface area contributed by atoms with Crippen LogP contribution in [0.3, 0.4) is 0 Å². The highest BCUT2D eigenvalue weighted by Crippen LogP contribution is 2.04. The van der Waals surface area contributed by atoms with Gasteiger partial charge in [0.15, 0.2) is 6.29 Å². The molecule has 0 aliphatic heterocycles. The van der Waals surface area contributed by atoms with Crippen molar-refractivity contribution in [2.75, 3.05) is 0 Å². The predicted octanol–water partition coefficient (Wildman–Crippen LogP) is 2.61. The van der Waals surface area contributed by atoms with E-state index in [-0.39, 0.29) is 0 Å². The summed E-state index contributed by atoms with van der Waals surface area (Å²) in [6, 6.07) is 15.3. The van der Waals surface area contributed by atoms with Crippen LogP contribution in [-0.2, 0) is 18.0 Å². The third kappa shape index (κ3) is 3.50. The molecule has 86 valence electrons. The van der Waals surface area contributed by atoms with E-state index in [9.17, 15) is 4.79 Å². The molecule has 1 aromatic heterocycles. The summed E-state index contributed by atoms with van der Waals surface area (Å²) in [4.78, 5) is 14.7. The number of pyridine rings is 1. The molecule has 0 spiro atoms. The molecule has 0 saturated carbocycles. The Morgan fingerprint density at radius 1 is 1.00 bits per heavy atom. The van der Waals surface area contributed by atoms with E-state index in [0.717, 1.165) is 17.5 Å². The zero-order chi connectivity index (χ0) is 11.9. The van der Waals surface area contributed by atoms with Crippen molar-refractivity contribution in [1.82, 2.24) is 4.98 Å². The minimum atomic E-state index is 0.413. The van der Waals surface area contributed by atoms with Crippen molar-refractivity contribution in [2.24, 2.45) is 0 Å². The molecule has 0 bridgehead atoms. The van der Waals surface area contributed by atoms with Crippen LogP contribution in [0.15, 0.2) is 48.5 Å². The first-order valence-corrected chi connectivity index (χ1v) is 5.41. The third-order valence-corrected chi connectivity index (χ3v) is 2.31. The summed E-state index contributed by atoms with van der Waals surface area (Å²) in [5.41, 5.74) is 2.33. The molecular formula is C14H13NO2. The maximum atomic E-state index is 10.6. The van der Waals surface area contributed by atoms with Crippen molar-refractivity contribution in [1.29, 1.82) is 0 Å². The number of benzene rings is 1. The molecule has 0 unspecified atom stereocenters. The van der Waals surface area contributed by atoms with E-state index in [0.29, 0.717) is 18.9 Å². The number of hydrogen-bond donors (Lipinski definition) is 0. The van der Waals surface area contributed by atoms with Gasteiger partial charge in [-0.05, 0) is 17.7 Å². The fourth-order valence-corrected chi connectivity index (χ4v) is 1.49. The predicted molar refractivity (Wildman–Crippen MR) is 64.6 cm³/mol. The second kappa shape index (κ2) is 5.92. The summed E-state index contributed by atoms with van der Waals surface area (Å²) in [6.07, 6.45) is 0.737. The Bertz CT molecular complexity index is 483. The van der Waals surface area contributed by atoms with Crippen LogP contribution in [0.5, 0.6) is 0 Å². The Hall–Kier alpha value is -2.00. The average molecular weight is 227 g/mol. The molecule has 2 aromatic rings. The summed E-state index contributed by atoms with van der Waals surface area (Å²) in [5, 5.41) is 0. The van der Waals surface area contributed by atoms with Gasteiger partial charge in [0.25, 0.3) is 0 Å². The normalized spacial score (nSPS) is 10.1. The maximum absolute atomic E-state index is 10.6. The van der Waals surface area contributed by atoms with E-state index < -0.39 is 0 Å². The zero-order valence-corrected chi connectivity index (χ0v) is 9.37. The summed E-state index contributed by atoms with van der Waals surface area (Å²) in [5.74, 6) is 0. The van der Waals surface area contributed by atoms with Gasteiger partial charge in [0, 0.05) is 0 Å². The molecule has 3 heteroatoms. The molecule has 17 heavy (non-hydrogen) atoms. The van der Waals surface area contributed by atoms with E-state index >= 15 is 0 Å². The molecule has 0 aliphatic carbocycles. The molecule has 2 rings (SSSR count). The second-order valence-electron chi connectivity index (χ2n) is 3.65. The van der Waals surface area contributed by atoms with Gasteiger partial charge in [-0.1, -0.05) is 36.4 Å². The molecular weight excluding hydrogens is 214 g/mol. The molecule has 3 nitrogen and oxygen atoms in total. The number of hydrogen-bond acceptors (Lipinski definition) is 3. The van der Waals surface area contributed by atoms with Gasteiger partial charge in [0.2, 0.25) is 0 Å². The summed E-state index contributed by atoms with van der Waals surface area (Å²) >= 11 is 0. The first-order chi connectivity index (χ1) is 8.38. The van der Waals surface area contributed by atoms with E-state index in [4.69, 9.17) is 4.74 Å². The second-order valence-corrected chi connectivity index (χ2v) is 3.65. The molecule has 0 radical (unpaired) electrons. The summed E-state index contributed by atoms with van der Waals surface area (Å²) < 4.78 is 5.53. The molecule has 0 atom stereocenters. The van der Waals surface area contributed by atoms with Gasteiger partial charge >= 0.3 is 0 Å². The van der Waals surface area contributed by atoms with Gasteiger partial charge in [0.1, 0.15) is 5.69 Å². The maximum Gasteiger partial charge on any atom is 0.168 e. The van der Waals surface area contributed by atoms with Crippen molar-refractivity contribution in [3.63, 3.8) is 0 Å². The van der Waals surface area contributed by atoms with E-state index in [1.807, 2.05) is 36.4 Å². The molecule has 0 amide bonds. The lowest BCUT2D eigenvalue weighted by atomic mass is 10.2. The van der Waals surface area contributed by atoms with Crippen LogP contribution in [0.25, 0.3) is 0 Å². The van der Waals surface area contributed by atoms with Crippen molar-refractivity contribution < 1.29 is 9.53 Å². The number of carbonyl (C=O) groups excluding carboxylic acids is 1. The Labute approximate surface area is 100 Å². The fraction of sp³-hybridized carbons (Fsp3) is 0.143. The highest BCUT2D eigenvalue weighted by Gasteiger charge is 1.97. The van der Waals surface area contributed by atoms with E-state index in [1.165, 1.54) is 0 Å². The van der Waals surface area contributed by atoms with Crippen molar-refractivity contribution >= 4 is 6.29 Å². The monoisotopic (exact) mass is 227 g/mol. The van der Waals surface area contributed by atoms with Crippen LogP contribution in [0.4, 0.5) is 0 Å². The van der Waals surface area contributed by atoms with Crippen LogP contribution in [0, 0.1) is 0 Å². The van der Waals surface area contributed by atoms with Crippen LogP contribution >= 0.6 is 0 Å². The van der Waals surface area contributed by atoms with E-state index in [1.54, 1.807) is 12.1 Å². The first-order valence-electron chi connectivity index (χ1n) is 5.41. The topological polar surface area (TPSA) is 39.2 Å². The average Bonchev–Trinajstić information content (AvgIpc) is 2.40. The smallest absolute Gasteiger partial charge is 0.168 e. The molecule has 0 N–H and O–H groups in total. The third-order valence-electron chi connectivity index (χ3n) is 2.31. The SMILES string of the molecule is O=Cc1cccc(COCc2ccccc2)n1. The van der Waals surface area contributed by atoms with Crippen LogP contribution in [-0.4, -0.2) is 11.3 Å². The number of aromatic nitrogens is 1. The lowest BCUT2D eigenvalue weighted by Gasteiger charge is -2.04. The highest BCUT2D eigenvalue weighted by atomic mass is 16.5. The van der Waals surface area contributed by atoms with Gasteiger partial charge in [0.05, 0.1) is 18.9 Å². The summed E-state index contributed by atoms with van der Waals surface area (Å²) in [6.45, 7) is 0.963. The number of carbonyl (C=O) groups is 1. The number of aldehydes is 1. The van der Waals surface area contributed by atoms with Crippen molar-refractivity contribution in [2.45, 2.75) is 13.2 Å². The fourth-order valence-electron chi connectivity index (χ4n) is 1.49. The van der Waals surface area contributed by atoms with Crippen LogP contribution < -0.4 is 0 Å². The van der Waals surface area contributed by atoms with Crippen LogP contribution in [0.1, 0.15) is 21.7 Å². The van der Waals surface area contributed by atoms with Crippen molar-refractivity contribution in [3.05, 3.63) is 65.5 Å². The van der Waals surface area contributed by atoms with Gasteiger partial charge in [-0.3, -0.25) is 4.79 Å². The Balaban J connectivity index is 1.88. The largest absolute Gasteiger partial charge is 0.370 e. The minimum absolute atomic E-state index is 0.413. The van der Waals surface area contributed by atoms with Gasteiger partial charge in [-0.15, -0.1) is 0 Å². The van der Waals surface area contributed by atoms with Crippen LogP contribution in [0.2, 0.25) is 0 Å². The molecule has 1 heterocycles. The summed E-state index contributed by atoms with van der Waals surface area (Å²) in [7, 11) is 0. The Morgan fingerprint density at radius 2 is 1.82 bits per heavy atom. The Kier molecular flexibility index (Phi) is 4.00. The molecule has 0 aliphatic rings. The number of nitrogens with zero attached hydrogens (tertiary/aromatic N) is 1. The Morgan fingerprint density at radius 3 is 2.59 bits per heavy atom. The number of ether oxygens (including phenoxy) is 1. The highest BCUT2D eigenvalue weighted by molar-refractivity contribution is 5.71. The number of rotatable bonds is 5. The molecule has 0 fully saturated rings.